The number of carbonyl (C=O) groups excluding carboxylic acids is 1. The summed E-state index contributed by atoms with van der Waals surface area (Å²) >= 11 is 0. The van der Waals surface area contributed by atoms with Crippen LogP contribution in [0.2, 0.25) is 0 Å². The first-order valence-electron chi connectivity index (χ1n) is 8.27. The van der Waals surface area contributed by atoms with E-state index in [1.807, 2.05) is 39.1 Å². The number of aryl methyl sites for hydroxylation is 2. The first kappa shape index (κ1) is 24.4. The van der Waals surface area contributed by atoms with E-state index in [4.69, 9.17) is 5.73 Å². The summed E-state index contributed by atoms with van der Waals surface area (Å²) in [6, 6.07) is 10.3. The SMILES string of the molecule is Cc1nn(C)c(C)c1NC(=O)CN(CCN)CCc1ccccc1.Cl.Cl. The molecule has 1 aromatic carbocycles. The maximum Gasteiger partial charge on any atom is 0.238 e. The molecule has 0 radical (unpaired) electrons. The molecule has 0 saturated carbocycles. The van der Waals surface area contributed by atoms with Crippen LogP contribution in [0.5, 0.6) is 0 Å². The number of carbonyl (C=O) groups is 1. The molecule has 0 aliphatic heterocycles. The number of rotatable bonds is 8. The van der Waals surface area contributed by atoms with Gasteiger partial charge >= 0.3 is 0 Å². The van der Waals surface area contributed by atoms with Crippen molar-refractivity contribution in [3.63, 3.8) is 0 Å². The van der Waals surface area contributed by atoms with Gasteiger partial charge in [-0.1, -0.05) is 30.3 Å². The average Bonchev–Trinajstić information content (AvgIpc) is 2.80. The Morgan fingerprint density at radius 3 is 2.38 bits per heavy atom. The van der Waals surface area contributed by atoms with E-state index in [0.717, 1.165) is 30.0 Å². The lowest BCUT2D eigenvalue weighted by atomic mass is 10.1. The summed E-state index contributed by atoms with van der Waals surface area (Å²) in [7, 11) is 1.87. The summed E-state index contributed by atoms with van der Waals surface area (Å²) < 4.78 is 1.78. The van der Waals surface area contributed by atoms with E-state index in [1.54, 1.807) is 4.68 Å². The minimum absolute atomic E-state index is 0. The molecule has 0 unspecified atom stereocenters. The van der Waals surface area contributed by atoms with Gasteiger partial charge < -0.3 is 11.1 Å². The van der Waals surface area contributed by atoms with E-state index in [2.05, 4.69) is 27.4 Å². The predicted molar refractivity (Wildman–Crippen MR) is 111 cm³/mol. The van der Waals surface area contributed by atoms with Gasteiger partial charge in [0.2, 0.25) is 5.91 Å². The summed E-state index contributed by atoms with van der Waals surface area (Å²) in [5.41, 5.74) is 9.54. The second kappa shape index (κ2) is 11.9. The van der Waals surface area contributed by atoms with Gasteiger partial charge in [-0.05, 0) is 25.8 Å². The molecule has 0 spiro atoms. The average molecular weight is 402 g/mol. The van der Waals surface area contributed by atoms with Crippen LogP contribution in [0.15, 0.2) is 30.3 Å². The van der Waals surface area contributed by atoms with Gasteiger partial charge in [0.25, 0.3) is 0 Å². The van der Waals surface area contributed by atoms with Crippen molar-refractivity contribution < 1.29 is 4.79 Å². The fraction of sp³-hybridized carbons (Fsp3) is 0.444. The van der Waals surface area contributed by atoms with Crippen LogP contribution < -0.4 is 11.1 Å². The number of hydrogen-bond donors (Lipinski definition) is 2. The summed E-state index contributed by atoms with van der Waals surface area (Å²) in [6.45, 7) is 6.22. The Hall–Kier alpha value is -1.60. The first-order valence-corrected chi connectivity index (χ1v) is 8.27. The van der Waals surface area contributed by atoms with Crippen LogP contribution in [-0.4, -0.2) is 46.8 Å². The molecule has 26 heavy (non-hydrogen) atoms. The highest BCUT2D eigenvalue weighted by Gasteiger charge is 2.15. The van der Waals surface area contributed by atoms with Crippen LogP contribution in [0.4, 0.5) is 5.69 Å². The van der Waals surface area contributed by atoms with E-state index in [1.165, 1.54) is 5.56 Å². The van der Waals surface area contributed by atoms with Crippen LogP contribution in [0, 0.1) is 13.8 Å². The lowest BCUT2D eigenvalue weighted by molar-refractivity contribution is -0.117. The number of halogens is 2. The number of anilines is 1. The van der Waals surface area contributed by atoms with E-state index in [0.29, 0.717) is 19.6 Å². The number of nitrogens with zero attached hydrogens (tertiary/aromatic N) is 3. The lowest BCUT2D eigenvalue weighted by Crippen LogP contribution is -2.38. The molecule has 3 N–H and O–H groups in total. The minimum atomic E-state index is -0.0317. The molecule has 0 fully saturated rings. The van der Waals surface area contributed by atoms with Crippen LogP contribution in [-0.2, 0) is 18.3 Å². The molecule has 8 heteroatoms. The van der Waals surface area contributed by atoms with Gasteiger partial charge in [0.15, 0.2) is 0 Å². The van der Waals surface area contributed by atoms with Crippen LogP contribution in [0.3, 0.4) is 0 Å². The fourth-order valence-electron chi connectivity index (χ4n) is 2.72. The molecule has 0 aliphatic carbocycles. The maximum absolute atomic E-state index is 12.4. The van der Waals surface area contributed by atoms with Crippen molar-refractivity contribution in [3.05, 3.63) is 47.3 Å². The molecule has 146 valence electrons. The Morgan fingerprint density at radius 1 is 1.19 bits per heavy atom. The molecule has 0 bridgehead atoms. The van der Waals surface area contributed by atoms with Gasteiger partial charge in [-0.3, -0.25) is 14.4 Å². The maximum atomic E-state index is 12.4. The largest absolute Gasteiger partial charge is 0.329 e. The van der Waals surface area contributed by atoms with Crippen molar-refractivity contribution in [1.82, 2.24) is 14.7 Å². The van der Waals surface area contributed by atoms with Crippen molar-refractivity contribution in [2.24, 2.45) is 12.8 Å². The Kier molecular flexibility index (Phi) is 11.2. The number of nitrogens with one attached hydrogen (secondary N) is 1. The predicted octanol–water partition coefficient (Wildman–Crippen LogP) is 2.32. The van der Waals surface area contributed by atoms with Crippen LogP contribution in [0.1, 0.15) is 17.0 Å². The molecule has 0 atom stereocenters. The van der Waals surface area contributed by atoms with Gasteiger partial charge in [0.05, 0.1) is 23.6 Å². The second-order valence-corrected chi connectivity index (χ2v) is 6.02. The zero-order valence-corrected chi connectivity index (χ0v) is 17.2. The topological polar surface area (TPSA) is 76.2 Å². The van der Waals surface area contributed by atoms with Crippen LogP contribution >= 0.6 is 24.8 Å². The molecule has 1 aromatic heterocycles. The second-order valence-electron chi connectivity index (χ2n) is 6.02. The minimum Gasteiger partial charge on any atom is -0.329 e. The van der Waals surface area contributed by atoms with Crippen molar-refractivity contribution in [3.8, 4) is 0 Å². The number of hydrogen-bond acceptors (Lipinski definition) is 4. The number of aromatic nitrogens is 2. The Bertz CT molecular complexity index is 676. The first-order chi connectivity index (χ1) is 11.5. The zero-order valence-electron chi connectivity index (χ0n) is 15.6. The Morgan fingerprint density at radius 2 is 1.85 bits per heavy atom. The van der Waals surface area contributed by atoms with Gasteiger partial charge in [-0.15, -0.1) is 24.8 Å². The van der Waals surface area contributed by atoms with E-state index in [9.17, 15) is 4.79 Å². The molecular formula is C18H29Cl2N5O. The smallest absolute Gasteiger partial charge is 0.238 e. The monoisotopic (exact) mass is 401 g/mol. The molecule has 1 heterocycles. The number of amides is 1. The molecule has 0 aliphatic rings. The highest BCUT2D eigenvalue weighted by atomic mass is 35.5. The standard InChI is InChI=1S/C18H27N5O.2ClH/c1-14-18(15(2)22(3)21-14)20-17(24)13-23(12-10-19)11-9-16-7-5-4-6-8-16;;/h4-8H,9-13,19H2,1-3H3,(H,20,24);2*1H. The third kappa shape index (κ3) is 6.96. The Balaban J connectivity index is 0.00000312. The lowest BCUT2D eigenvalue weighted by Gasteiger charge is -2.21. The van der Waals surface area contributed by atoms with Crippen LogP contribution in [0.25, 0.3) is 0 Å². The van der Waals surface area contributed by atoms with E-state index >= 15 is 0 Å². The third-order valence-corrected chi connectivity index (χ3v) is 4.15. The molecule has 6 nitrogen and oxygen atoms in total. The molecule has 2 rings (SSSR count). The summed E-state index contributed by atoms with van der Waals surface area (Å²) in [6.07, 6.45) is 0.902. The highest BCUT2D eigenvalue weighted by molar-refractivity contribution is 5.93. The third-order valence-electron chi connectivity index (χ3n) is 4.15. The zero-order chi connectivity index (χ0) is 17.5. The molecule has 2 aromatic rings. The molecule has 1 amide bonds. The van der Waals surface area contributed by atoms with Crippen molar-refractivity contribution in [2.75, 3.05) is 31.5 Å². The van der Waals surface area contributed by atoms with Crippen molar-refractivity contribution in [1.29, 1.82) is 0 Å². The molecule has 0 saturated heterocycles. The fourth-order valence-corrected chi connectivity index (χ4v) is 2.72. The quantitative estimate of drug-likeness (QED) is 0.711. The summed E-state index contributed by atoms with van der Waals surface area (Å²) in [4.78, 5) is 14.5. The van der Waals surface area contributed by atoms with Gasteiger partial charge in [-0.2, -0.15) is 5.10 Å². The van der Waals surface area contributed by atoms with Gasteiger partial charge in [0, 0.05) is 26.7 Å². The van der Waals surface area contributed by atoms with Gasteiger partial charge in [0.1, 0.15) is 0 Å². The summed E-state index contributed by atoms with van der Waals surface area (Å²) in [5.74, 6) is -0.0317. The van der Waals surface area contributed by atoms with Crippen molar-refractivity contribution >= 4 is 36.4 Å². The number of nitrogens with two attached hydrogens (primary N) is 1. The summed E-state index contributed by atoms with van der Waals surface area (Å²) in [5, 5.41) is 7.31. The normalized spacial score (nSPS) is 10.2. The Labute approximate surface area is 167 Å². The highest BCUT2D eigenvalue weighted by Crippen LogP contribution is 2.18. The van der Waals surface area contributed by atoms with Crippen molar-refractivity contribution in [2.45, 2.75) is 20.3 Å². The van der Waals surface area contributed by atoms with E-state index in [-0.39, 0.29) is 30.7 Å². The number of benzene rings is 1. The molecular weight excluding hydrogens is 373 g/mol. The van der Waals surface area contributed by atoms with E-state index < -0.39 is 0 Å². The van der Waals surface area contributed by atoms with Gasteiger partial charge in [-0.25, -0.2) is 0 Å².